The molecule has 8 aromatic carbocycles. The van der Waals surface area contributed by atoms with Crippen LogP contribution in [0.2, 0.25) is 0 Å². The molecule has 62 heavy (non-hydrogen) atoms. The van der Waals surface area contributed by atoms with Crippen LogP contribution in [-0.4, -0.2) is 9.97 Å². The fourth-order valence-corrected chi connectivity index (χ4v) is 10.1. The second-order valence-electron chi connectivity index (χ2n) is 16.3. The summed E-state index contributed by atoms with van der Waals surface area (Å²) in [5.41, 5.74) is 17.7. The lowest BCUT2D eigenvalue weighted by Crippen LogP contribution is -2.29. The van der Waals surface area contributed by atoms with E-state index in [0.29, 0.717) is 5.82 Å². The van der Waals surface area contributed by atoms with Crippen LogP contribution in [-0.2, 0) is 5.41 Å². The van der Waals surface area contributed by atoms with Crippen LogP contribution in [0, 0.1) is 0 Å². The average Bonchev–Trinajstić information content (AvgIpc) is 3.89. The summed E-state index contributed by atoms with van der Waals surface area (Å²) in [5.74, 6) is 0.662. The van der Waals surface area contributed by atoms with Crippen LogP contribution in [0.5, 0.6) is 0 Å². The summed E-state index contributed by atoms with van der Waals surface area (Å²) in [4.78, 5) is 11.3. The molecule has 3 nitrogen and oxygen atoms in total. The maximum atomic E-state index is 6.70. The lowest BCUT2D eigenvalue weighted by atomic mass is 9.66. The van der Waals surface area contributed by atoms with Gasteiger partial charge >= 0.3 is 0 Å². The summed E-state index contributed by atoms with van der Waals surface area (Å²) < 4.78 is 6.70. The molecule has 0 atom stereocenters. The molecule has 0 spiro atoms. The molecule has 2 heterocycles. The lowest BCUT2D eigenvalue weighted by Gasteiger charge is -2.35. The summed E-state index contributed by atoms with van der Waals surface area (Å²) in [6.07, 6.45) is 8.73. The molecule has 0 amide bonds. The number of benzene rings is 8. The second-order valence-corrected chi connectivity index (χ2v) is 16.3. The standard InChI is InChI=1S/C59H40N2O/c1-5-19-39(20-6-1)41-35-36-45(51(37-41)40-21-7-2-8-22-40)53-38-54(49-31-18-30-48-46-28-14-16-34-55(46)62-57(48)49)61-58(60-53)50-32-17-29-47-44-27-13-15-33-52(44)59(56(47)50,42-23-9-3-10-24-42)43-25-11-4-12-26-43/h1-5,7-19,21-38H,6,20H2. The topological polar surface area (TPSA) is 38.9 Å². The Kier molecular flexibility index (Phi) is 8.53. The minimum atomic E-state index is -0.637. The van der Waals surface area contributed by atoms with Gasteiger partial charge in [0.15, 0.2) is 5.82 Å². The maximum Gasteiger partial charge on any atom is 0.160 e. The normalized spacial score (nSPS) is 13.8. The first kappa shape index (κ1) is 36.0. The van der Waals surface area contributed by atoms with E-state index in [-0.39, 0.29) is 0 Å². The van der Waals surface area contributed by atoms with Gasteiger partial charge in [-0.2, -0.15) is 0 Å². The van der Waals surface area contributed by atoms with Crippen LogP contribution in [0.25, 0.3) is 83.7 Å². The van der Waals surface area contributed by atoms with Crippen molar-refractivity contribution in [3.63, 3.8) is 0 Å². The summed E-state index contributed by atoms with van der Waals surface area (Å²) in [6.45, 7) is 0. The van der Waals surface area contributed by atoms with E-state index in [0.717, 1.165) is 74.0 Å². The number of hydrogen-bond acceptors (Lipinski definition) is 3. The van der Waals surface area contributed by atoms with Crippen LogP contribution in [0.3, 0.4) is 0 Å². The molecule has 0 aliphatic heterocycles. The summed E-state index contributed by atoms with van der Waals surface area (Å²) in [6, 6.07) is 71.9. The van der Waals surface area contributed by atoms with Crippen molar-refractivity contribution in [3.05, 3.63) is 246 Å². The van der Waals surface area contributed by atoms with E-state index in [1.807, 2.05) is 12.1 Å². The first-order valence-electron chi connectivity index (χ1n) is 21.5. The Morgan fingerprint density at radius 1 is 0.452 bits per heavy atom. The van der Waals surface area contributed by atoms with E-state index in [9.17, 15) is 0 Å². The van der Waals surface area contributed by atoms with Gasteiger partial charge in [0, 0.05) is 27.5 Å². The van der Waals surface area contributed by atoms with E-state index < -0.39 is 5.41 Å². The Morgan fingerprint density at radius 3 is 1.85 bits per heavy atom. The zero-order valence-electron chi connectivity index (χ0n) is 34.0. The molecule has 0 bridgehead atoms. The highest BCUT2D eigenvalue weighted by Gasteiger charge is 2.47. The van der Waals surface area contributed by atoms with Gasteiger partial charge in [-0.15, -0.1) is 0 Å². The van der Waals surface area contributed by atoms with Gasteiger partial charge < -0.3 is 4.42 Å². The van der Waals surface area contributed by atoms with Gasteiger partial charge in [0.25, 0.3) is 0 Å². The van der Waals surface area contributed by atoms with Crippen LogP contribution < -0.4 is 0 Å². The number of furan rings is 1. The van der Waals surface area contributed by atoms with E-state index in [4.69, 9.17) is 14.4 Å². The van der Waals surface area contributed by atoms with Crippen molar-refractivity contribution >= 4 is 27.5 Å². The molecule has 2 aromatic heterocycles. The monoisotopic (exact) mass is 792 g/mol. The third-order valence-corrected chi connectivity index (χ3v) is 12.9. The molecule has 0 saturated carbocycles. The molecule has 0 N–H and O–H groups in total. The van der Waals surface area contributed by atoms with Crippen molar-refractivity contribution in [1.82, 2.24) is 9.97 Å². The molecule has 10 aromatic rings. The minimum Gasteiger partial charge on any atom is -0.455 e. The highest BCUT2D eigenvalue weighted by Crippen LogP contribution is 2.58. The van der Waals surface area contributed by atoms with Crippen molar-refractivity contribution < 1.29 is 4.42 Å². The van der Waals surface area contributed by atoms with Gasteiger partial charge in [-0.1, -0.05) is 194 Å². The molecule has 0 saturated heterocycles. The molecule has 2 aliphatic rings. The van der Waals surface area contributed by atoms with Crippen LogP contribution in [0.1, 0.15) is 40.7 Å². The number of hydrogen-bond donors (Lipinski definition) is 0. The third-order valence-electron chi connectivity index (χ3n) is 12.9. The maximum absolute atomic E-state index is 6.70. The molecule has 12 rings (SSSR count). The Morgan fingerprint density at radius 2 is 1.08 bits per heavy atom. The Bertz CT molecular complexity index is 3360. The largest absolute Gasteiger partial charge is 0.455 e. The molecule has 0 unspecified atom stereocenters. The van der Waals surface area contributed by atoms with Crippen molar-refractivity contribution in [1.29, 1.82) is 0 Å². The fourth-order valence-electron chi connectivity index (χ4n) is 10.1. The summed E-state index contributed by atoms with van der Waals surface area (Å²) >= 11 is 0. The van der Waals surface area contributed by atoms with Gasteiger partial charge in [0.05, 0.1) is 16.8 Å². The number of para-hydroxylation sites is 2. The summed E-state index contributed by atoms with van der Waals surface area (Å²) in [5, 5.41) is 2.15. The Labute approximate surface area is 361 Å². The predicted molar refractivity (Wildman–Crippen MR) is 255 cm³/mol. The molecule has 2 aliphatic carbocycles. The van der Waals surface area contributed by atoms with E-state index in [1.165, 1.54) is 44.5 Å². The zero-order chi connectivity index (χ0) is 41.0. The predicted octanol–water partition coefficient (Wildman–Crippen LogP) is 15.1. The quantitative estimate of drug-likeness (QED) is 0.161. The first-order valence-corrected chi connectivity index (χ1v) is 21.5. The van der Waals surface area contributed by atoms with Gasteiger partial charge in [-0.25, -0.2) is 9.97 Å². The SMILES string of the molecule is C1=CCCC(c2ccc(-c3cc(-c4cccc5c4oc4ccccc45)nc(-c4cccc5c4C(c4ccccc4)(c4ccccc4)c4ccccc4-5)n3)c(-c3ccccc3)c2)=C1. The van der Waals surface area contributed by atoms with Gasteiger partial charge in [0.1, 0.15) is 11.2 Å². The molecule has 0 fully saturated rings. The van der Waals surface area contributed by atoms with Crippen molar-refractivity contribution in [2.75, 3.05) is 0 Å². The number of aromatic nitrogens is 2. The smallest absolute Gasteiger partial charge is 0.160 e. The Balaban J connectivity index is 1.18. The van der Waals surface area contributed by atoms with Crippen LogP contribution in [0.4, 0.5) is 0 Å². The molecular weight excluding hydrogens is 753 g/mol. The average molecular weight is 793 g/mol. The van der Waals surface area contributed by atoms with Crippen LogP contribution >= 0.6 is 0 Å². The molecule has 3 heteroatoms. The molecule has 292 valence electrons. The van der Waals surface area contributed by atoms with Crippen molar-refractivity contribution in [2.45, 2.75) is 18.3 Å². The number of nitrogens with zero attached hydrogens (tertiary/aromatic N) is 2. The number of allylic oxidation sites excluding steroid dienone is 4. The van der Waals surface area contributed by atoms with Crippen LogP contribution in [0.15, 0.2) is 223 Å². The van der Waals surface area contributed by atoms with E-state index >= 15 is 0 Å². The highest BCUT2D eigenvalue weighted by molar-refractivity contribution is 6.09. The highest BCUT2D eigenvalue weighted by atomic mass is 16.3. The zero-order valence-corrected chi connectivity index (χ0v) is 34.0. The Hall–Kier alpha value is -7.88. The third kappa shape index (κ3) is 5.66. The molecular formula is C59H40N2O. The molecule has 0 radical (unpaired) electrons. The number of fused-ring (bicyclic) bond motifs is 6. The fraction of sp³-hybridized carbons (Fsp3) is 0.0508. The van der Waals surface area contributed by atoms with Gasteiger partial charge in [-0.3, -0.25) is 0 Å². The first-order chi connectivity index (χ1) is 30.8. The second kappa shape index (κ2) is 14.7. The lowest BCUT2D eigenvalue weighted by molar-refractivity contribution is 0.670. The van der Waals surface area contributed by atoms with Crippen molar-refractivity contribution in [2.24, 2.45) is 0 Å². The van der Waals surface area contributed by atoms with Crippen molar-refractivity contribution in [3.8, 4) is 56.2 Å². The van der Waals surface area contributed by atoms with E-state index in [1.54, 1.807) is 0 Å². The summed E-state index contributed by atoms with van der Waals surface area (Å²) in [7, 11) is 0. The van der Waals surface area contributed by atoms with Gasteiger partial charge in [0.2, 0.25) is 0 Å². The van der Waals surface area contributed by atoms with E-state index in [2.05, 4.69) is 206 Å². The number of rotatable bonds is 7. The minimum absolute atomic E-state index is 0.637. The van der Waals surface area contributed by atoms with Gasteiger partial charge in [-0.05, 0) is 92.8 Å².